The molecule has 0 amide bonds. The lowest BCUT2D eigenvalue weighted by Crippen LogP contribution is -2.53. The Morgan fingerprint density at radius 1 is 1.10 bits per heavy atom. The number of nitrogens with zero attached hydrogens (tertiary/aromatic N) is 4. The van der Waals surface area contributed by atoms with Gasteiger partial charge in [0.1, 0.15) is 0 Å². The molecule has 1 atom stereocenters. The highest BCUT2D eigenvalue weighted by molar-refractivity contribution is 7.99. The molecule has 1 unspecified atom stereocenters. The van der Waals surface area contributed by atoms with Crippen molar-refractivity contribution in [1.82, 2.24) is 20.0 Å². The highest BCUT2D eigenvalue weighted by Gasteiger charge is 2.34. The van der Waals surface area contributed by atoms with Gasteiger partial charge < -0.3 is 14.6 Å². The van der Waals surface area contributed by atoms with Crippen LogP contribution in [0.3, 0.4) is 0 Å². The number of piperidine rings is 1. The molecule has 0 spiro atoms. The van der Waals surface area contributed by atoms with E-state index in [1.165, 1.54) is 57.5 Å². The van der Waals surface area contributed by atoms with Crippen molar-refractivity contribution in [3.8, 4) is 11.5 Å². The van der Waals surface area contributed by atoms with Gasteiger partial charge in [0, 0.05) is 36.5 Å². The first-order valence-corrected chi connectivity index (χ1v) is 12.4. The van der Waals surface area contributed by atoms with Crippen LogP contribution in [0, 0.1) is 0 Å². The first-order valence-electron chi connectivity index (χ1n) is 11.1. The standard InChI is InChI=1S/C23H35N5OS/c1-23(2,16-27-12-11-20(15-27)30-4)28-13-9-18(10-14-28)17-5-7-19(8-6-17)21-25-26-22(24-3)29-21/h5-8,18,20H,9-16H2,1-4H3,(H,24,26). The summed E-state index contributed by atoms with van der Waals surface area (Å²) in [4.78, 5) is 5.38. The molecule has 164 valence electrons. The predicted molar refractivity (Wildman–Crippen MR) is 125 cm³/mol. The maximum absolute atomic E-state index is 5.58. The van der Waals surface area contributed by atoms with Crippen LogP contribution in [0.25, 0.3) is 11.5 Å². The SMILES string of the molecule is CNc1nnc(-c2ccc(C3CCN(C(C)(C)CN4CCC(SC)C4)CC3)cc2)o1. The summed E-state index contributed by atoms with van der Waals surface area (Å²) in [6.07, 6.45) is 6.04. The molecule has 1 aromatic carbocycles. The van der Waals surface area contributed by atoms with Crippen LogP contribution >= 0.6 is 11.8 Å². The average Bonchev–Trinajstić information content (AvgIpc) is 3.43. The van der Waals surface area contributed by atoms with E-state index in [1.807, 2.05) is 11.8 Å². The van der Waals surface area contributed by atoms with Crippen molar-refractivity contribution < 1.29 is 4.42 Å². The van der Waals surface area contributed by atoms with Crippen LogP contribution in [0.1, 0.15) is 44.6 Å². The first-order chi connectivity index (χ1) is 14.5. The number of thioether (sulfide) groups is 1. The third-order valence-corrected chi connectivity index (χ3v) is 7.84. The van der Waals surface area contributed by atoms with Gasteiger partial charge in [-0.25, -0.2) is 0 Å². The van der Waals surface area contributed by atoms with Gasteiger partial charge in [-0.1, -0.05) is 17.2 Å². The van der Waals surface area contributed by atoms with Crippen LogP contribution in [0.15, 0.2) is 28.7 Å². The van der Waals surface area contributed by atoms with Crippen LogP contribution in [0.5, 0.6) is 0 Å². The summed E-state index contributed by atoms with van der Waals surface area (Å²) < 4.78 is 5.58. The van der Waals surface area contributed by atoms with Crippen molar-refractivity contribution in [2.75, 3.05) is 51.3 Å². The number of nitrogens with one attached hydrogen (secondary N) is 1. The number of aromatic nitrogens is 2. The van der Waals surface area contributed by atoms with Crippen LogP contribution in [-0.4, -0.2) is 76.8 Å². The Morgan fingerprint density at radius 2 is 1.83 bits per heavy atom. The highest BCUT2D eigenvalue weighted by Crippen LogP contribution is 2.33. The molecule has 0 radical (unpaired) electrons. The summed E-state index contributed by atoms with van der Waals surface area (Å²) in [5.41, 5.74) is 2.64. The Morgan fingerprint density at radius 3 is 2.43 bits per heavy atom. The highest BCUT2D eigenvalue weighted by atomic mass is 32.2. The van der Waals surface area contributed by atoms with E-state index in [9.17, 15) is 0 Å². The Hall–Kier alpha value is -1.57. The second kappa shape index (κ2) is 9.28. The van der Waals surface area contributed by atoms with Crippen LogP contribution in [0.4, 0.5) is 6.01 Å². The van der Waals surface area contributed by atoms with Gasteiger partial charge in [-0.3, -0.25) is 4.90 Å². The number of likely N-dealkylation sites (tertiary alicyclic amines) is 2. The van der Waals surface area contributed by atoms with Gasteiger partial charge in [0.05, 0.1) is 0 Å². The maximum atomic E-state index is 5.58. The zero-order chi connectivity index (χ0) is 21.1. The van der Waals surface area contributed by atoms with Crippen molar-refractivity contribution in [2.45, 2.75) is 49.8 Å². The number of hydrogen-bond acceptors (Lipinski definition) is 7. The molecule has 0 aliphatic carbocycles. The van der Waals surface area contributed by atoms with E-state index in [4.69, 9.17) is 4.42 Å². The zero-order valence-electron chi connectivity index (χ0n) is 18.7. The number of hydrogen-bond donors (Lipinski definition) is 1. The second-order valence-corrected chi connectivity index (χ2v) is 10.4. The molecule has 2 aromatic rings. The van der Waals surface area contributed by atoms with Gasteiger partial charge in [0.25, 0.3) is 0 Å². The van der Waals surface area contributed by atoms with Crippen molar-refractivity contribution in [2.24, 2.45) is 0 Å². The molecule has 2 aliphatic heterocycles. The van der Waals surface area contributed by atoms with E-state index in [0.29, 0.717) is 17.8 Å². The van der Waals surface area contributed by atoms with Crippen LogP contribution < -0.4 is 5.32 Å². The summed E-state index contributed by atoms with van der Waals surface area (Å²) in [6.45, 7) is 10.9. The Balaban J connectivity index is 1.31. The van der Waals surface area contributed by atoms with Crippen molar-refractivity contribution in [3.05, 3.63) is 29.8 Å². The number of benzene rings is 1. The molecule has 2 fully saturated rings. The molecule has 1 aromatic heterocycles. The third kappa shape index (κ3) is 4.84. The quantitative estimate of drug-likeness (QED) is 0.709. The fourth-order valence-electron chi connectivity index (χ4n) is 4.94. The minimum absolute atomic E-state index is 0.241. The van der Waals surface area contributed by atoms with Crippen molar-refractivity contribution in [1.29, 1.82) is 0 Å². The molecule has 1 N–H and O–H groups in total. The van der Waals surface area contributed by atoms with Gasteiger partial charge in [-0.05, 0) is 82.6 Å². The molecule has 2 aliphatic rings. The van der Waals surface area contributed by atoms with E-state index in [0.717, 1.165) is 10.8 Å². The monoisotopic (exact) mass is 429 g/mol. The lowest BCUT2D eigenvalue weighted by molar-refractivity contribution is 0.0592. The molecule has 0 bridgehead atoms. The Bertz CT molecular complexity index is 813. The lowest BCUT2D eigenvalue weighted by atomic mass is 9.86. The second-order valence-electron chi connectivity index (χ2n) is 9.24. The summed E-state index contributed by atoms with van der Waals surface area (Å²) >= 11 is 2.03. The van der Waals surface area contributed by atoms with E-state index in [1.54, 1.807) is 7.05 Å². The number of anilines is 1. The summed E-state index contributed by atoms with van der Waals surface area (Å²) in [5.74, 6) is 1.20. The maximum Gasteiger partial charge on any atom is 0.315 e. The molecular weight excluding hydrogens is 394 g/mol. The first kappa shape index (κ1) is 21.7. The molecular formula is C23H35N5OS. The molecule has 6 nitrogen and oxygen atoms in total. The van der Waals surface area contributed by atoms with E-state index in [2.05, 4.69) is 69.7 Å². The lowest BCUT2D eigenvalue weighted by Gasteiger charge is -2.45. The molecule has 3 heterocycles. The third-order valence-electron chi connectivity index (χ3n) is 6.79. The van der Waals surface area contributed by atoms with Crippen molar-refractivity contribution in [3.63, 3.8) is 0 Å². The minimum Gasteiger partial charge on any atom is -0.403 e. The molecule has 4 rings (SSSR count). The smallest absolute Gasteiger partial charge is 0.315 e. The normalized spacial score (nSPS) is 21.9. The van der Waals surface area contributed by atoms with Gasteiger partial charge >= 0.3 is 6.01 Å². The van der Waals surface area contributed by atoms with Crippen LogP contribution in [-0.2, 0) is 0 Å². The van der Waals surface area contributed by atoms with E-state index >= 15 is 0 Å². The fourth-order valence-corrected chi connectivity index (χ4v) is 5.64. The molecule has 2 saturated heterocycles. The largest absolute Gasteiger partial charge is 0.403 e. The van der Waals surface area contributed by atoms with E-state index < -0.39 is 0 Å². The van der Waals surface area contributed by atoms with Gasteiger partial charge in [0.15, 0.2) is 0 Å². The van der Waals surface area contributed by atoms with E-state index in [-0.39, 0.29) is 5.54 Å². The van der Waals surface area contributed by atoms with Gasteiger partial charge in [0.2, 0.25) is 5.89 Å². The average molecular weight is 430 g/mol. The molecule has 30 heavy (non-hydrogen) atoms. The van der Waals surface area contributed by atoms with Gasteiger partial charge in [-0.15, -0.1) is 5.10 Å². The Kier molecular flexibility index (Phi) is 6.70. The van der Waals surface area contributed by atoms with Crippen molar-refractivity contribution >= 4 is 17.8 Å². The predicted octanol–water partition coefficient (Wildman–Crippen LogP) is 4.17. The topological polar surface area (TPSA) is 57.4 Å². The summed E-state index contributed by atoms with van der Waals surface area (Å²) in [5, 5.41) is 11.8. The zero-order valence-corrected chi connectivity index (χ0v) is 19.5. The molecule has 0 saturated carbocycles. The summed E-state index contributed by atoms with van der Waals surface area (Å²) in [7, 11) is 1.78. The minimum atomic E-state index is 0.241. The summed E-state index contributed by atoms with van der Waals surface area (Å²) in [6, 6.07) is 9.12. The van der Waals surface area contributed by atoms with Gasteiger partial charge in [-0.2, -0.15) is 11.8 Å². The Labute approximate surface area is 184 Å². The van der Waals surface area contributed by atoms with Crippen LogP contribution in [0.2, 0.25) is 0 Å². The fraction of sp³-hybridized carbons (Fsp3) is 0.652. The molecule has 7 heteroatoms. The number of rotatable bonds is 7.